The molecule has 0 aromatic heterocycles. The Morgan fingerprint density at radius 1 is 1.11 bits per heavy atom. The Hall–Kier alpha value is -1.35. The van der Waals surface area contributed by atoms with Crippen LogP contribution in [0.4, 0.5) is 4.79 Å². The van der Waals surface area contributed by atoms with Crippen molar-refractivity contribution in [3.8, 4) is 0 Å². The molecule has 1 unspecified atom stereocenters. The molecule has 0 fully saturated rings. The molecule has 1 atom stereocenters. The topological polar surface area (TPSA) is 133 Å². The van der Waals surface area contributed by atoms with E-state index in [1.165, 1.54) is 13.8 Å². The van der Waals surface area contributed by atoms with Gasteiger partial charge < -0.3 is 20.8 Å². The Bertz CT molecular complexity index is 455. The molecule has 0 heterocycles. The first-order valence-electron chi connectivity index (χ1n) is 5.47. The number of carbonyl (C=O) groups excluding carboxylic acids is 1. The van der Waals surface area contributed by atoms with E-state index in [9.17, 15) is 23.1 Å². The smallest absolute Gasteiger partial charge is 0.337 e. The number of rotatable bonds is 6. The third-order valence-corrected chi connectivity index (χ3v) is 4.88. The van der Waals surface area contributed by atoms with Crippen molar-refractivity contribution in [1.29, 1.82) is 0 Å². The lowest BCUT2D eigenvalue weighted by molar-refractivity contribution is -0.155. The van der Waals surface area contributed by atoms with E-state index < -0.39 is 38.7 Å². The van der Waals surface area contributed by atoms with Crippen molar-refractivity contribution >= 4 is 21.8 Å². The number of hydrogen-bond acceptors (Lipinski definition) is 5. The maximum Gasteiger partial charge on any atom is 0.337 e. The Balaban J connectivity index is 4.34. The average molecular weight is 296 g/mol. The summed E-state index contributed by atoms with van der Waals surface area (Å²) in [4.78, 5) is 21.9. The van der Waals surface area contributed by atoms with Gasteiger partial charge in [-0.1, -0.05) is 0 Å². The fraction of sp³-hybridized carbons (Fsp3) is 0.800. The van der Waals surface area contributed by atoms with Crippen LogP contribution >= 0.6 is 0 Å². The number of sulfone groups is 1. The largest absolute Gasteiger partial charge is 0.479 e. The molecule has 0 aliphatic heterocycles. The summed E-state index contributed by atoms with van der Waals surface area (Å²) in [5, 5.41) is 22.4. The predicted molar refractivity (Wildman–Crippen MR) is 68.6 cm³/mol. The molecule has 0 rings (SSSR count). The van der Waals surface area contributed by atoms with Gasteiger partial charge in [0.1, 0.15) is 0 Å². The highest BCUT2D eigenvalue weighted by Gasteiger charge is 2.32. The van der Waals surface area contributed by atoms with Gasteiger partial charge in [-0.3, -0.25) is 0 Å². The van der Waals surface area contributed by atoms with Crippen molar-refractivity contribution in [1.82, 2.24) is 10.6 Å². The first-order chi connectivity index (χ1) is 8.29. The number of carboxylic acid groups (broad SMARTS) is 1. The van der Waals surface area contributed by atoms with Crippen molar-refractivity contribution < 1.29 is 28.2 Å². The quantitative estimate of drug-likeness (QED) is 0.494. The van der Waals surface area contributed by atoms with Crippen LogP contribution in [0.15, 0.2) is 0 Å². The van der Waals surface area contributed by atoms with Gasteiger partial charge in [0, 0.05) is 12.8 Å². The van der Waals surface area contributed by atoms with Gasteiger partial charge in [-0.2, -0.15) is 0 Å². The molecule has 0 spiro atoms. The molecule has 0 saturated carbocycles. The van der Waals surface area contributed by atoms with Crippen LogP contribution in [-0.2, 0) is 14.6 Å². The highest BCUT2D eigenvalue weighted by Crippen LogP contribution is 2.13. The highest BCUT2D eigenvalue weighted by atomic mass is 32.2. The number of hydrogen-bond donors (Lipinski definition) is 4. The van der Waals surface area contributed by atoms with Crippen LogP contribution in [0.5, 0.6) is 0 Å². The van der Waals surface area contributed by atoms with Gasteiger partial charge in [-0.25, -0.2) is 18.0 Å². The lowest BCUT2D eigenvalue weighted by Crippen LogP contribution is -2.51. The average Bonchev–Trinajstić information content (AvgIpc) is 2.22. The summed E-state index contributed by atoms with van der Waals surface area (Å²) in [5.41, 5.74) is -2.08. The molecular weight excluding hydrogens is 276 g/mol. The Labute approximate surface area is 112 Å². The molecule has 8 nitrogen and oxygen atoms in total. The minimum Gasteiger partial charge on any atom is -0.479 e. The second kappa shape index (κ2) is 5.74. The van der Waals surface area contributed by atoms with Gasteiger partial charge in [0.25, 0.3) is 0 Å². The van der Waals surface area contributed by atoms with Crippen molar-refractivity contribution in [2.45, 2.75) is 31.1 Å². The van der Waals surface area contributed by atoms with Gasteiger partial charge in [0.2, 0.25) is 0 Å². The Kier molecular flexibility index (Phi) is 5.33. The molecule has 0 aromatic rings. The summed E-state index contributed by atoms with van der Waals surface area (Å²) >= 11 is 0. The van der Waals surface area contributed by atoms with Crippen LogP contribution in [0.1, 0.15) is 20.8 Å². The fourth-order valence-corrected chi connectivity index (χ4v) is 1.15. The van der Waals surface area contributed by atoms with Crippen molar-refractivity contribution in [2.24, 2.45) is 0 Å². The van der Waals surface area contributed by atoms with E-state index in [0.717, 1.165) is 13.2 Å². The molecule has 0 aromatic carbocycles. The van der Waals surface area contributed by atoms with Crippen LogP contribution in [0.2, 0.25) is 0 Å². The monoisotopic (exact) mass is 296 g/mol. The van der Waals surface area contributed by atoms with Crippen LogP contribution in [0.25, 0.3) is 0 Å². The summed E-state index contributed by atoms with van der Waals surface area (Å²) in [5.74, 6) is -1.47. The molecule has 2 amide bonds. The first kappa shape index (κ1) is 17.6. The zero-order chi connectivity index (χ0) is 15.5. The van der Waals surface area contributed by atoms with E-state index in [1.807, 2.05) is 0 Å². The molecule has 0 aliphatic carbocycles. The molecule has 0 saturated heterocycles. The highest BCUT2D eigenvalue weighted by molar-refractivity contribution is 7.92. The zero-order valence-electron chi connectivity index (χ0n) is 11.3. The number of nitrogens with one attached hydrogen (secondary N) is 2. The van der Waals surface area contributed by atoms with Gasteiger partial charge in [0.05, 0.1) is 11.3 Å². The standard InChI is InChI=1S/C10H20N2O6S/c1-9(2,19(4,17)18)5-11-8(15)12-6-10(3,16)7(13)14/h16H,5-6H2,1-4H3,(H,13,14)(H2,11,12,15). The van der Waals surface area contributed by atoms with Crippen LogP contribution in [-0.4, -0.2) is 60.3 Å². The van der Waals surface area contributed by atoms with E-state index in [4.69, 9.17) is 5.11 Å². The van der Waals surface area contributed by atoms with E-state index in [1.54, 1.807) is 0 Å². The lowest BCUT2D eigenvalue weighted by atomic mass is 10.1. The van der Waals surface area contributed by atoms with E-state index in [2.05, 4.69) is 10.6 Å². The molecule has 0 bridgehead atoms. The normalized spacial score (nSPS) is 15.4. The number of aliphatic carboxylic acids is 1. The molecule has 112 valence electrons. The maximum atomic E-state index is 11.4. The molecule has 4 N–H and O–H groups in total. The Morgan fingerprint density at radius 3 is 1.89 bits per heavy atom. The first-order valence-corrected chi connectivity index (χ1v) is 7.36. The molecule has 0 aliphatic rings. The number of urea groups is 1. The molecular formula is C10H20N2O6S. The summed E-state index contributed by atoms with van der Waals surface area (Å²) in [7, 11) is -3.34. The minimum atomic E-state index is -3.34. The van der Waals surface area contributed by atoms with Crippen LogP contribution in [0, 0.1) is 0 Å². The van der Waals surface area contributed by atoms with Gasteiger partial charge in [-0.15, -0.1) is 0 Å². The zero-order valence-corrected chi connectivity index (χ0v) is 12.2. The summed E-state index contributed by atoms with van der Waals surface area (Å²) < 4.78 is 21.6. The SMILES string of the molecule is CC(O)(CNC(=O)NCC(C)(C)S(C)(=O)=O)C(=O)O. The van der Waals surface area contributed by atoms with Gasteiger partial charge in [0.15, 0.2) is 15.4 Å². The third-order valence-electron chi connectivity index (χ3n) is 2.73. The fourth-order valence-electron chi connectivity index (χ4n) is 0.815. The third kappa shape index (κ3) is 5.43. The minimum absolute atomic E-state index is 0.132. The second-order valence-corrected chi connectivity index (χ2v) is 7.80. The summed E-state index contributed by atoms with van der Waals surface area (Å²) in [6, 6.07) is -0.752. The number of carboxylic acids is 1. The number of carbonyl (C=O) groups is 2. The maximum absolute atomic E-state index is 11.4. The van der Waals surface area contributed by atoms with Crippen molar-refractivity contribution in [3.05, 3.63) is 0 Å². The predicted octanol–water partition coefficient (Wildman–Crippen LogP) is -1.06. The van der Waals surface area contributed by atoms with Crippen LogP contribution < -0.4 is 10.6 Å². The molecule has 9 heteroatoms. The molecule has 19 heavy (non-hydrogen) atoms. The number of amides is 2. The number of aliphatic hydroxyl groups is 1. The summed E-state index contributed by atoms with van der Waals surface area (Å²) in [6.45, 7) is 3.32. The van der Waals surface area contributed by atoms with Gasteiger partial charge >= 0.3 is 12.0 Å². The summed E-state index contributed by atoms with van der Waals surface area (Å²) in [6.07, 6.45) is 1.06. The van der Waals surface area contributed by atoms with E-state index in [-0.39, 0.29) is 6.54 Å². The van der Waals surface area contributed by atoms with E-state index >= 15 is 0 Å². The second-order valence-electron chi connectivity index (χ2n) is 5.15. The lowest BCUT2D eigenvalue weighted by Gasteiger charge is -2.23. The van der Waals surface area contributed by atoms with Crippen LogP contribution in [0.3, 0.4) is 0 Å². The van der Waals surface area contributed by atoms with Crippen molar-refractivity contribution in [3.63, 3.8) is 0 Å². The van der Waals surface area contributed by atoms with Crippen molar-refractivity contribution in [2.75, 3.05) is 19.3 Å². The van der Waals surface area contributed by atoms with Gasteiger partial charge in [-0.05, 0) is 20.8 Å². The molecule has 0 radical (unpaired) electrons. The Morgan fingerprint density at radius 2 is 1.53 bits per heavy atom. The van der Waals surface area contributed by atoms with E-state index in [0.29, 0.717) is 0 Å².